The summed E-state index contributed by atoms with van der Waals surface area (Å²) >= 11 is 0. The maximum atomic E-state index is 10.3. The van der Waals surface area contributed by atoms with E-state index in [0.29, 0.717) is 22.9 Å². The van der Waals surface area contributed by atoms with Crippen LogP contribution in [0, 0.1) is 30.8 Å². The van der Waals surface area contributed by atoms with Gasteiger partial charge in [-0.15, -0.1) is 0 Å². The molecule has 0 amide bonds. The molecule has 1 N–H and O–H groups in total. The molecule has 0 atom stereocenters. The number of ether oxygens (including phenoxy) is 5. The number of rotatable bonds is 17. The number of hydrogen-bond acceptors (Lipinski definition) is 10. The first-order valence-corrected chi connectivity index (χ1v) is 17.2. The summed E-state index contributed by atoms with van der Waals surface area (Å²) in [6, 6.07) is 34.1. The molecule has 0 bridgehead atoms. The maximum absolute atomic E-state index is 10.3. The van der Waals surface area contributed by atoms with Crippen LogP contribution < -0.4 is 9.47 Å². The second-order valence-corrected chi connectivity index (χ2v) is 11.7. The van der Waals surface area contributed by atoms with Crippen LogP contribution in [0.3, 0.4) is 0 Å². The molecule has 10 heteroatoms. The highest BCUT2D eigenvalue weighted by molar-refractivity contribution is 5.78. The first kappa shape index (κ1) is 39.5. The zero-order chi connectivity index (χ0) is 38.5. The van der Waals surface area contributed by atoms with E-state index in [1.807, 2.05) is 116 Å². The van der Waals surface area contributed by atoms with Gasteiger partial charge in [0.1, 0.15) is 24.4 Å². The summed E-state index contributed by atoms with van der Waals surface area (Å²) in [6.45, 7) is 3.64. The van der Waals surface area contributed by atoms with Crippen LogP contribution in [0.15, 0.2) is 130 Å². The molecule has 286 valence electrons. The number of hydrogen-bond donors (Lipinski definition) is 1. The minimum atomic E-state index is -0.168. The predicted octanol–water partition coefficient (Wildman–Crippen LogP) is 12.2. The van der Waals surface area contributed by atoms with Crippen LogP contribution in [0.25, 0.3) is 24.3 Å². The van der Waals surface area contributed by atoms with Crippen LogP contribution >= 0.6 is 0 Å². The average molecular weight is 743 g/mol. The van der Waals surface area contributed by atoms with Crippen LogP contribution in [0.2, 0.25) is 0 Å². The molecule has 5 aromatic carbocycles. The normalized spacial score (nSPS) is 11.2. The molecule has 5 rings (SSSR count). The van der Waals surface area contributed by atoms with Gasteiger partial charge in [-0.25, -0.2) is 0 Å². The fourth-order valence-corrected chi connectivity index (χ4v) is 4.79. The highest BCUT2D eigenvalue weighted by Crippen LogP contribution is 2.29. The topological polar surface area (TPSA) is 116 Å². The van der Waals surface area contributed by atoms with E-state index in [1.54, 1.807) is 31.2 Å². The zero-order valence-electron chi connectivity index (χ0n) is 30.8. The molecule has 0 aliphatic heterocycles. The fraction of sp³-hybridized carbons (Fsp3) is 0.156. The van der Waals surface area contributed by atoms with Crippen molar-refractivity contribution < 1.29 is 35.9 Å². The van der Waals surface area contributed by atoms with Crippen LogP contribution in [0.4, 0.5) is 22.7 Å². The number of benzene rings is 5. The quantitative estimate of drug-likeness (QED) is 0.0333. The molecule has 0 aliphatic rings. The van der Waals surface area contributed by atoms with Crippen molar-refractivity contribution in [2.45, 2.75) is 20.5 Å². The summed E-state index contributed by atoms with van der Waals surface area (Å²) in [6.07, 6.45) is 10.3. The van der Waals surface area contributed by atoms with Crippen molar-refractivity contribution in [2.24, 2.45) is 20.5 Å². The third-order valence-corrected chi connectivity index (χ3v) is 7.64. The van der Waals surface area contributed by atoms with Crippen LogP contribution in [-0.2, 0) is 20.8 Å². The van der Waals surface area contributed by atoms with Gasteiger partial charge in [-0.1, -0.05) is 72.2 Å². The Hall–Kier alpha value is -6.66. The molecule has 55 heavy (non-hydrogen) atoms. The molecule has 0 fully saturated rings. The minimum absolute atomic E-state index is 0. The average Bonchev–Trinajstić information content (AvgIpc) is 3.22. The van der Waals surface area contributed by atoms with Gasteiger partial charge in [0.25, 0.3) is 0 Å². The number of methoxy groups -OCH3 is 1. The molecule has 5 aromatic rings. The number of aliphatic hydroxyl groups excluding tert-OH is 1. The lowest BCUT2D eigenvalue weighted by atomic mass is 10.0. The second-order valence-electron chi connectivity index (χ2n) is 11.7. The van der Waals surface area contributed by atoms with E-state index in [-0.39, 0.29) is 34.1 Å². The fourth-order valence-electron chi connectivity index (χ4n) is 4.79. The highest BCUT2D eigenvalue weighted by Gasteiger charge is 2.09. The lowest BCUT2D eigenvalue weighted by Gasteiger charge is -2.14. The van der Waals surface area contributed by atoms with E-state index in [1.165, 1.54) is 12.7 Å². The summed E-state index contributed by atoms with van der Waals surface area (Å²) in [7, 11) is 1.54. The van der Waals surface area contributed by atoms with Crippen LogP contribution in [0.5, 0.6) is 11.5 Å². The van der Waals surface area contributed by atoms with Crippen LogP contribution in [0.1, 0.15) is 47.4 Å². The van der Waals surface area contributed by atoms with Crippen molar-refractivity contribution in [3.8, 4) is 35.4 Å². The Labute approximate surface area is 328 Å². The Bertz CT molecular complexity index is 2250. The summed E-state index contributed by atoms with van der Waals surface area (Å²) in [5, 5.41) is 27.6. The third kappa shape index (κ3) is 13.4. The summed E-state index contributed by atoms with van der Waals surface area (Å²) in [5.41, 5.74) is 8.24. The zero-order valence-corrected chi connectivity index (χ0v) is 30.8. The maximum Gasteiger partial charge on any atom is 0.191 e. The number of azo groups is 2. The molecule has 0 saturated heterocycles. The summed E-state index contributed by atoms with van der Waals surface area (Å²) in [5.74, 6) is 9.06. The smallest absolute Gasteiger partial charge is 0.191 e. The Balaban J connectivity index is 0.00000696. The van der Waals surface area contributed by atoms with Gasteiger partial charge in [-0.2, -0.15) is 20.5 Å². The standard InChI is InChI=1S/C45H40N4O6.5H2/c1-4-5-6-27-54-44-25-23-43(24-26-44)49-48-42-21-13-36(14-22-42)10-16-38-28-39(30-50)37(29-45(38)55-33-53-32-52-31-51-3)15-9-35-11-19-41(20-12-35)47-46-40-17-7-34(2)8-18-40;;;;;/h7-26,28-29,50H,30-33H2,1-3H3;5*1H/b15-9+,16-10+,47-46?,49-48?;;;;;. The SMILES string of the molecule is CC#CC#COc1ccc(N=Nc2ccc(/C=C/c3cc(CO)c(/C=C/c4ccc(N=Nc5ccc(C)cc5)cc4)cc3OCOCOCOC)cc2)cc1.[HH].[HH].[HH].[HH].[HH]. The van der Waals surface area contributed by atoms with Gasteiger partial charge in [0.05, 0.1) is 29.4 Å². The molecule has 0 heterocycles. The Morgan fingerprint density at radius 3 is 1.69 bits per heavy atom. The Morgan fingerprint density at radius 1 is 0.618 bits per heavy atom. The first-order chi connectivity index (χ1) is 27.0. The minimum Gasteiger partial charge on any atom is -0.467 e. The molecule has 0 spiro atoms. The van der Waals surface area contributed by atoms with E-state index >= 15 is 0 Å². The van der Waals surface area contributed by atoms with Gasteiger partial charge in [-0.05, 0) is 115 Å². The van der Waals surface area contributed by atoms with Crippen molar-refractivity contribution in [3.05, 3.63) is 143 Å². The van der Waals surface area contributed by atoms with Crippen molar-refractivity contribution in [2.75, 3.05) is 27.5 Å². The summed E-state index contributed by atoms with van der Waals surface area (Å²) < 4.78 is 26.9. The predicted molar refractivity (Wildman–Crippen MR) is 226 cm³/mol. The van der Waals surface area contributed by atoms with E-state index in [0.717, 1.165) is 39.2 Å². The monoisotopic (exact) mass is 742 g/mol. The van der Waals surface area contributed by atoms with Gasteiger partial charge in [-0.3, -0.25) is 0 Å². The first-order valence-electron chi connectivity index (χ1n) is 17.2. The molecule has 0 unspecified atom stereocenters. The Kier molecular flexibility index (Phi) is 15.7. The number of aryl methyl sites for hydroxylation is 1. The molecule has 0 radical (unpaired) electrons. The lowest BCUT2D eigenvalue weighted by molar-refractivity contribution is -0.145. The van der Waals surface area contributed by atoms with E-state index < -0.39 is 0 Å². The van der Waals surface area contributed by atoms with Crippen molar-refractivity contribution in [1.29, 1.82) is 0 Å². The summed E-state index contributed by atoms with van der Waals surface area (Å²) in [4.78, 5) is 0. The van der Waals surface area contributed by atoms with Crippen molar-refractivity contribution in [1.82, 2.24) is 0 Å². The van der Waals surface area contributed by atoms with Gasteiger partial charge < -0.3 is 28.8 Å². The van der Waals surface area contributed by atoms with Crippen molar-refractivity contribution in [3.63, 3.8) is 0 Å². The highest BCUT2D eigenvalue weighted by atomic mass is 16.8. The Morgan fingerprint density at radius 2 is 1.15 bits per heavy atom. The molecule has 0 aliphatic carbocycles. The van der Waals surface area contributed by atoms with Crippen LogP contribution in [-0.4, -0.2) is 32.6 Å². The molecular weight excluding hydrogens is 693 g/mol. The largest absolute Gasteiger partial charge is 0.467 e. The number of nitrogens with zero attached hydrogens (tertiary/aromatic N) is 4. The number of aliphatic hydroxyl groups is 1. The van der Waals surface area contributed by atoms with Gasteiger partial charge in [0.15, 0.2) is 13.6 Å². The van der Waals surface area contributed by atoms with Gasteiger partial charge in [0.2, 0.25) is 0 Å². The van der Waals surface area contributed by atoms with Gasteiger partial charge in [0, 0.05) is 25.7 Å². The van der Waals surface area contributed by atoms with E-state index in [9.17, 15) is 5.11 Å². The lowest BCUT2D eigenvalue weighted by Crippen LogP contribution is -2.09. The molecule has 0 aromatic heterocycles. The molecule has 0 saturated carbocycles. The third-order valence-electron chi connectivity index (χ3n) is 7.64. The van der Waals surface area contributed by atoms with Crippen molar-refractivity contribution >= 4 is 47.1 Å². The van der Waals surface area contributed by atoms with Gasteiger partial charge >= 0.3 is 0 Å². The second kappa shape index (κ2) is 21.8. The molecule has 10 nitrogen and oxygen atoms in total. The molecular formula is C45H50N4O6. The van der Waals surface area contributed by atoms with E-state index in [4.69, 9.17) is 23.7 Å². The van der Waals surface area contributed by atoms with E-state index in [2.05, 4.69) is 44.3 Å².